The van der Waals surface area contributed by atoms with Crippen LogP contribution in [0.4, 0.5) is 13.2 Å². The van der Waals surface area contributed by atoms with Crippen molar-refractivity contribution in [3.63, 3.8) is 0 Å². The van der Waals surface area contributed by atoms with E-state index in [4.69, 9.17) is 4.74 Å². The van der Waals surface area contributed by atoms with E-state index in [1.165, 1.54) is 16.4 Å². The predicted octanol–water partition coefficient (Wildman–Crippen LogP) is 2.68. The maximum absolute atomic E-state index is 12.7. The summed E-state index contributed by atoms with van der Waals surface area (Å²) >= 11 is 0. The number of nitrogens with one attached hydrogen (secondary N) is 1. The van der Waals surface area contributed by atoms with Gasteiger partial charge < -0.3 is 14.8 Å². The summed E-state index contributed by atoms with van der Waals surface area (Å²) in [6.45, 7) is 1.37. The SMILES string of the molecule is O=C(NCc1ccccc1CS(=O)(=O)N1CCOCC1)c1ccc(OC(F)(F)F)cc1. The number of rotatable bonds is 7. The summed E-state index contributed by atoms with van der Waals surface area (Å²) < 4.78 is 72.4. The molecule has 2 aromatic carbocycles. The first kappa shape index (κ1) is 23.0. The normalized spacial score (nSPS) is 15.5. The molecule has 0 aromatic heterocycles. The first-order chi connectivity index (χ1) is 14.6. The van der Waals surface area contributed by atoms with Gasteiger partial charge in [-0.1, -0.05) is 24.3 Å². The number of amides is 1. The number of carbonyl (C=O) groups excluding carboxylic acids is 1. The van der Waals surface area contributed by atoms with Gasteiger partial charge in [-0.15, -0.1) is 13.2 Å². The molecule has 0 atom stereocenters. The number of ether oxygens (including phenoxy) is 2. The van der Waals surface area contributed by atoms with Gasteiger partial charge in [0.1, 0.15) is 5.75 Å². The van der Waals surface area contributed by atoms with E-state index >= 15 is 0 Å². The van der Waals surface area contributed by atoms with Gasteiger partial charge in [-0.05, 0) is 35.4 Å². The molecule has 1 heterocycles. The first-order valence-corrected chi connectivity index (χ1v) is 11.0. The van der Waals surface area contributed by atoms with E-state index in [0.717, 1.165) is 12.1 Å². The molecule has 0 saturated carbocycles. The Morgan fingerprint density at radius 3 is 2.26 bits per heavy atom. The second-order valence-electron chi connectivity index (χ2n) is 6.79. The zero-order valence-corrected chi connectivity index (χ0v) is 17.2. The van der Waals surface area contributed by atoms with E-state index in [0.29, 0.717) is 37.4 Å². The third-order valence-electron chi connectivity index (χ3n) is 4.61. The summed E-state index contributed by atoms with van der Waals surface area (Å²) in [5.74, 6) is -1.14. The molecule has 7 nitrogen and oxygen atoms in total. The Bertz CT molecular complexity index is 1000. The number of morpholine rings is 1. The minimum absolute atomic E-state index is 0.0639. The van der Waals surface area contributed by atoms with E-state index in [1.54, 1.807) is 24.3 Å². The lowest BCUT2D eigenvalue weighted by Crippen LogP contribution is -2.41. The number of benzene rings is 2. The number of halogens is 3. The van der Waals surface area contributed by atoms with Gasteiger partial charge in [-0.25, -0.2) is 8.42 Å². The van der Waals surface area contributed by atoms with Crippen molar-refractivity contribution in [2.75, 3.05) is 26.3 Å². The van der Waals surface area contributed by atoms with E-state index in [1.807, 2.05) is 0 Å². The molecule has 11 heteroatoms. The Morgan fingerprint density at radius 2 is 1.65 bits per heavy atom. The van der Waals surface area contributed by atoms with Crippen LogP contribution >= 0.6 is 0 Å². The fourth-order valence-corrected chi connectivity index (χ4v) is 4.63. The molecular weight excluding hydrogens is 437 g/mol. The first-order valence-electron chi connectivity index (χ1n) is 9.40. The molecule has 1 aliphatic heterocycles. The van der Waals surface area contributed by atoms with Gasteiger partial charge in [0.25, 0.3) is 5.91 Å². The zero-order chi connectivity index (χ0) is 22.5. The molecule has 0 unspecified atom stereocenters. The highest BCUT2D eigenvalue weighted by molar-refractivity contribution is 7.88. The van der Waals surface area contributed by atoms with Crippen LogP contribution in [0.2, 0.25) is 0 Å². The fourth-order valence-electron chi connectivity index (χ4n) is 3.07. The highest BCUT2D eigenvalue weighted by Gasteiger charge is 2.31. The Morgan fingerprint density at radius 1 is 1.03 bits per heavy atom. The lowest BCUT2D eigenvalue weighted by atomic mass is 10.1. The molecule has 31 heavy (non-hydrogen) atoms. The standard InChI is InChI=1S/C20H21F3N2O5S/c21-20(22,23)30-18-7-5-15(6-8-18)19(26)24-13-16-3-1-2-4-17(16)14-31(27,28)25-9-11-29-12-10-25/h1-8H,9-14H2,(H,24,26). The summed E-state index contributed by atoms with van der Waals surface area (Å²) in [4.78, 5) is 12.3. The van der Waals surface area contributed by atoms with Gasteiger partial charge in [0, 0.05) is 25.2 Å². The van der Waals surface area contributed by atoms with Crippen LogP contribution in [-0.2, 0) is 27.1 Å². The second-order valence-corrected chi connectivity index (χ2v) is 8.76. The molecule has 0 aliphatic carbocycles. The predicted molar refractivity (Wildman–Crippen MR) is 106 cm³/mol. The number of alkyl halides is 3. The van der Waals surface area contributed by atoms with Crippen LogP contribution in [0, 0.1) is 0 Å². The maximum Gasteiger partial charge on any atom is 0.573 e. The Kier molecular flexibility index (Phi) is 7.19. The monoisotopic (exact) mass is 458 g/mol. The Balaban J connectivity index is 1.64. The van der Waals surface area contributed by atoms with Gasteiger partial charge in [-0.3, -0.25) is 4.79 Å². The summed E-state index contributed by atoms with van der Waals surface area (Å²) in [6, 6.07) is 11.4. The molecule has 168 valence electrons. The third-order valence-corrected chi connectivity index (χ3v) is 6.44. The van der Waals surface area contributed by atoms with Crippen LogP contribution in [-0.4, -0.2) is 51.3 Å². The van der Waals surface area contributed by atoms with E-state index in [9.17, 15) is 26.4 Å². The maximum atomic E-state index is 12.7. The van der Waals surface area contributed by atoms with Crippen molar-refractivity contribution in [3.8, 4) is 5.75 Å². The summed E-state index contributed by atoms with van der Waals surface area (Å²) in [7, 11) is -3.53. The third kappa shape index (κ3) is 6.68. The smallest absolute Gasteiger partial charge is 0.406 e. The van der Waals surface area contributed by atoms with Crippen molar-refractivity contribution in [2.24, 2.45) is 0 Å². The Labute approximate surface area is 177 Å². The highest BCUT2D eigenvalue weighted by atomic mass is 32.2. The number of hydrogen-bond donors (Lipinski definition) is 1. The van der Waals surface area contributed by atoms with Crippen LogP contribution in [0.15, 0.2) is 48.5 Å². The average Bonchev–Trinajstić information content (AvgIpc) is 2.73. The molecule has 1 amide bonds. The summed E-state index contributed by atoms with van der Waals surface area (Å²) in [5, 5.41) is 2.66. The van der Waals surface area contributed by atoms with E-state index < -0.39 is 28.0 Å². The highest BCUT2D eigenvalue weighted by Crippen LogP contribution is 2.23. The summed E-state index contributed by atoms with van der Waals surface area (Å²) in [6.07, 6.45) is -4.81. The van der Waals surface area contributed by atoms with E-state index in [2.05, 4.69) is 10.1 Å². The van der Waals surface area contributed by atoms with Crippen LogP contribution in [0.25, 0.3) is 0 Å². The zero-order valence-electron chi connectivity index (χ0n) is 16.4. The lowest BCUT2D eigenvalue weighted by Gasteiger charge is -2.26. The van der Waals surface area contributed by atoms with Crippen molar-refractivity contribution in [2.45, 2.75) is 18.7 Å². The van der Waals surface area contributed by atoms with Gasteiger partial charge in [-0.2, -0.15) is 4.31 Å². The topological polar surface area (TPSA) is 84.9 Å². The molecule has 3 rings (SSSR count). The number of carbonyl (C=O) groups is 1. The lowest BCUT2D eigenvalue weighted by molar-refractivity contribution is -0.274. The molecular formula is C20H21F3N2O5S. The number of sulfonamides is 1. The van der Waals surface area contributed by atoms with Crippen LogP contribution in [0.1, 0.15) is 21.5 Å². The van der Waals surface area contributed by atoms with Gasteiger partial charge >= 0.3 is 6.36 Å². The number of hydrogen-bond acceptors (Lipinski definition) is 5. The molecule has 0 bridgehead atoms. The van der Waals surface area contributed by atoms with Crippen molar-refractivity contribution < 1.29 is 35.9 Å². The summed E-state index contributed by atoms with van der Waals surface area (Å²) in [5.41, 5.74) is 1.33. The molecule has 2 aromatic rings. The Hall–Kier alpha value is -2.63. The molecule has 0 spiro atoms. The molecule has 1 aliphatic rings. The van der Waals surface area contributed by atoms with Crippen molar-refractivity contribution in [1.29, 1.82) is 0 Å². The van der Waals surface area contributed by atoms with Gasteiger partial charge in [0.2, 0.25) is 10.0 Å². The van der Waals surface area contributed by atoms with Crippen molar-refractivity contribution in [3.05, 3.63) is 65.2 Å². The van der Waals surface area contributed by atoms with Gasteiger partial charge in [0.05, 0.1) is 19.0 Å². The molecule has 1 N–H and O–H groups in total. The van der Waals surface area contributed by atoms with E-state index in [-0.39, 0.29) is 17.9 Å². The fraction of sp³-hybridized carbons (Fsp3) is 0.350. The molecule has 1 saturated heterocycles. The van der Waals surface area contributed by atoms with Gasteiger partial charge in [0.15, 0.2) is 0 Å². The molecule has 0 radical (unpaired) electrons. The quantitative estimate of drug-likeness (QED) is 0.690. The minimum Gasteiger partial charge on any atom is -0.406 e. The van der Waals surface area contributed by atoms with Crippen molar-refractivity contribution in [1.82, 2.24) is 9.62 Å². The minimum atomic E-state index is -4.81. The molecule has 1 fully saturated rings. The average molecular weight is 458 g/mol. The number of nitrogens with zero attached hydrogens (tertiary/aromatic N) is 1. The van der Waals surface area contributed by atoms with Crippen molar-refractivity contribution >= 4 is 15.9 Å². The van der Waals surface area contributed by atoms with Crippen LogP contribution < -0.4 is 10.1 Å². The van der Waals surface area contributed by atoms with Crippen LogP contribution in [0.3, 0.4) is 0 Å². The second kappa shape index (κ2) is 9.67. The van der Waals surface area contributed by atoms with Crippen LogP contribution in [0.5, 0.6) is 5.75 Å². The largest absolute Gasteiger partial charge is 0.573 e.